The van der Waals surface area contributed by atoms with Gasteiger partial charge in [-0.25, -0.2) is 0 Å². The van der Waals surface area contributed by atoms with Crippen molar-refractivity contribution >= 4 is 0 Å². The Balaban J connectivity index is 2.76. The Morgan fingerprint density at radius 3 is 2.11 bits per heavy atom. The molecule has 0 radical (unpaired) electrons. The summed E-state index contributed by atoms with van der Waals surface area (Å²) in [5.41, 5.74) is 6.68. The Morgan fingerprint density at radius 1 is 1.17 bits per heavy atom. The number of rotatable bonds is 5. The van der Waals surface area contributed by atoms with Crippen LogP contribution in [-0.4, -0.2) is 30.1 Å². The molecule has 0 spiro atoms. The van der Waals surface area contributed by atoms with Crippen LogP contribution in [0.4, 0.5) is 0 Å². The zero-order chi connectivity index (χ0) is 13.6. The van der Waals surface area contributed by atoms with Crippen molar-refractivity contribution in [2.24, 2.45) is 11.1 Å². The smallest absolute Gasteiger partial charge is 0.0166 e. The molecule has 1 saturated carbocycles. The van der Waals surface area contributed by atoms with E-state index in [0.29, 0.717) is 5.41 Å². The van der Waals surface area contributed by atoms with E-state index in [0.717, 1.165) is 19.6 Å². The van der Waals surface area contributed by atoms with Gasteiger partial charge in [0.25, 0.3) is 0 Å². The van der Waals surface area contributed by atoms with E-state index in [9.17, 15) is 0 Å². The molecule has 18 heavy (non-hydrogen) atoms. The summed E-state index contributed by atoms with van der Waals surface area (Å²) < 4.78 is 0. The monoisotopic (exact) mass is 252 g/mol. The first-order valence-electron chi connectivity index (χ1n) is 7.50. The van der Waals surface area contributed by atoms with Crippen molar-refractivity contribution in [2.75, 3.05) is 19.6 Å². The van der Waals surface area contributed by atoms with Crippen molar-refractivity contribution in [2.45, 2.75) is 64.8 Å². The molecule has 1 aliphatic rings. The van der Waals surface area contributed by atoms with E-state index in [1.54, 1.807) is 0 Å². The Morgan fingerprint density at radius 2 is 1.72 bits per heavy atom. The molecule has 106 valence electrons. The van der Waals surface area contributed by atoms with Gasteiger partial charge in [-0.05, 0) is 45.6 Å². The topological polar surface area (TPSA) is 29.3 Å². The first-order valence-corrected chi connectivity index (χ1v) is 7.50. The highest BCUT2D eigenvalue weighted by Gasteiger charge is 2.34. The van der Waals surface area contributed by atoms with E-state index in [2.05, 4.69) is 32.3 Å². The SMILES string of the molecule is C=CCN(CC1(CN)CCCCCC1)C(C)(C)C. The highest BCUT2D eigenvalue weighted by molar-refractivity contribution is 4.91. The van der Waals surface area contributed by atoms with E-state index in [1.165, 1.54) is 38.5 Å². The van der Waals surface area contributed by atoms with Crippen LogP contribution in [0.15, 0.2) is 12.7 Å². The van der Waals surface area contributed by atoms with Crippen molar-refractivity contribution < 1.29 is 0 Å². The van der Waals surface area contributed by atoms with Gasteiger partial charge in [-0.15, -0.1) is 6.58 Å². The summed E-state index contributed by atoms with van der Waals surface area (Å²) in [6.07, 6.45) is 10.1. The minimum Gasteiger partial charge on any atom is -0.330 e. The van der Waals surface area contributed by atoms with Gasteiger partial charge in [0, 0.05) is 18.6 Å². The highest BCUT2D eigenvalue weighted by Crippen LogP contribution is 2.36. The van der Waals surface area contributed by atoms with Crippen LogP contribution in [0.5, 0.6) is 0 Å². The van der Waals surface area contributed by atoms with E-state index in [4.69, 9.17) is 5.73 Å². The van der Waals surface area contributed by atoms with Crippen molar-refractivity contribution in [3.05, 3.63) is 12.7 Å². The van der Waals surface area contributed by atoms with Crippen LogP contribution in [0.3, 0.4) is 0 Å². The van der Waals surface area contributed by atoms with E-state index in [1.807, 2.05) is 6.08 Å². The standard InChI is InChI=1S/C16H32N2/c1-5-12-18(15(2,3)4)14-16(13-17)10-8-6-7-9-11-16/h5H,1,6-14,17H2,2-4H3. The Hall–Kier alpha value is -0.340. The summed E-state index contributed by atoms with van der Waals surface area (Å²) in [6.45, 7) is 13.7. The lowest BCUT2D eigenvalue weighted by Crippen LogP contribution is -2.50. The van der Waals surface area contributed by atoms with Crippen molar-refractivity contribution in [1.29, 1.82) is 0 Å². The van der Waals surface area contributed by atoms with Gasteiger partial charge in [0.05, 0.1) is 0 Å². The average Bonchev–Trinajstić information content (AvgIpc) is 2.53. The Bertz CT molecular complexity index is 244. The molecule has 0 aromatic heterocycles. The summed E-state index contributed by atoms with van der Waals surface area (Å²) in [6, 6.07) is 0. The summed E-state index contributed by atoms with van der Waals surface area (Å²) in [5, 5.41) is 0. The van der Waals surface area contributed by atoms with Gasteiger partial charge in [0.2, 0.25) is 0 Å². The summed E-state index contributed by atoms with van der Waals surface area (Å²) in [5.74, 6) is 0. The van der Waals surface area contributed by atoms with Gasteiger partial charge < -0.3 is 5.73 Å². The normalized spacial score (nSPS) is 20.7. The molecule has 0 atom stereocenters. The van der Waals surface area contributed by atoms with Crippen molar-refractivity contribution in [3.63, 3.8) is 0 Å². The average molecular weight is 252 g/mol. The maximum atomic E-state index is 6.14. The van der Waals surface area contributed by atoms with Crippen LogP contribution in [-0.2, 0) is 0 Å². The molecule has 2 nitrogen and oxygen atoms in total. The maximum absolute atomic E-state index is 6.14. The molecule has 2 N–H and O–H groups in total. The highest BCUT2D eigenvalue weighted by atomic mass is 15.2. The molecule has 1 rings (SSSR count). The fourth-order valence-electron chi connectivity index (χ4n) is 3.04. The van der Waals surface area contributed by atoms with Gasteiger partial charge >= 0.3 is 0 Å². The predicted octanol–water partition coefficient (Wildman–Crippen LogP) is 3.57. The fourth-order valence-corrected chi connectivity index (χ4v) is 3.04. The minimum atomic E-state index is 0.197. The molecule has 0 aromatic carbocycles. The van der Waals surface area contributed by atoms with Gasteiger partial charge in [-0.2, -0.15) is 0 Å². The van der Waals surface area contributed by atoms with E-state index >= 15 is 0 Å². The summed E-state index contributed by atoms with van der Waals surface area (Å²) >= 11 is 0. The van der Waals surface area contributed by atoms with Crippen LogP contribution in [0.25, 0.3) is 0 Å². The predicted molar refractivity (Wildman–Crippen MR) is 80.7 cm³/mol. The molecule has 0 bridgehead atoms. The van der Waals surface area contributed by atoms with Gasteiger partial charge in [-0.3, -0.25) is 4.90 Å². The van der Waals surface area contributed by atoms with Gasteiger partial charge in [-0.1, -0.05) is 31.8 Å². The van der Waals surface area contributed by atoms with Gasteiger partial charge in [0.1, 0.15) is 0 Å². The summed E-state index contributed by atoms with van der Waals surface area (Å²) in [7, 11) is 0. The lowest BCUT2D eigenvalue weighted by Gasteiger charge is -2.43. The third-order valence-electron chi connectivity index (χ3n) is 4.42. The fraction of sp³-hybridized carbons (Fsp3) is 0.875. The number of hydrogen-bond donors (Lipinski definition) is 1. The second kappa shape index (κ2) is 6.72. The molecular weight excluding hydrogens is 220 g/mol. The van der Waals surface area contributed by atoms with Crippen molar-refractivity contribution in [1.82, 2.24) is 4.90 Å². The third kappa shape index (κ3) is 4.40. The molecule has 2 heteroatoms. The van der Waals surface area contributed by atoms with Crippen LogP contribution >= 0.6 is 0 Å². The zero-order valence-electron chi connectivity index (χ0n) is 12.7. The molecular formula is C16H32N2. The zero-order valence-corrected chi connectivity index (χ0v) is 12.7. The molecule has 0 unspecified atom stereocenters. The van der Waals surface area contributed by atoms with Crippen LogP contribution < -0.4 is 5.73 Å². The number of hydrogen-bond acceptors (Lipinski definition) is 2. The molecule has 1 fully saturated rings. The minimum absolute atomic E-state index is 0.197. The molecule has 0 heterocycles. The lowest BCUT2D eigenvalue weighted by atomic mass is 9.79. The number of nitrogens with two attached hydrogens (primary N) is 1. The quantitative estimate of drug-likeness (QED) is 0.598. The van der Waals surface area contributed by atoms with E-state index in [-0.39, 0.29) is 5.54 Å². The maximum Gasteiger partial charge on any atom is 0.0166 e. The first kappa shape index (κ1) is 15.7. The third-order valence-corrected chi connectivity index (χ3v) is 4.42. The molecule has 0 saturated heterocycles. The van der Waals surface area contributed by atoms with E-state index < -0.39 is 0 Å². The lowest BCUT2D eigenvalue weighted by molar-refractivity contribution is 0.0745. The second-order valence-corrected chi connectivity index (χ2v) is 6.96. The molecule has 0 aromatic rings. The largest absolute Gasteiger partial charge is 0.330 e. The van der Waals surface area contributed by atoms with Crippen LogP contribution in [0, 0.1) is 5.41 Å². The van der Waals surface area contributed by atoms with Crippen molar-refractivity contribution in [3.8, 4) is 0 Å². The number of nitrogens with zero attached hydrogens (tertiary/aromatic N) is 1. The van der Waals surface area contributed by atoms with Gasteiger partial charge in [0.15, 0.2) is 0 Å². The molecule has 1 aliphatic carbocycles. The van der Waals surface area contributed by atoms with Crippen LogP contribution in [0.2, 0.25) is 0 Å². The first-order chi connectivity index (χ1) is 8.43. The Kier molecular flexibility index (Phi) is 5.87. The summed E-state index contributed by atoms with van der Waals surface area (Å²) in [4.78, 5) is 2.54. The molecule has 0 aliphatic heterocycles. The Labute approximate surface area is 114 Å². The second-order valence-electron chi connectivity index (χ2n) is 6.96. The van der Waals surface area contributed by atoms with Crippen LogP contribution in [0.1, 0.15) is 59.3 Å². The molecule has 0 amide bonds.